The van der Waals surface area contributed by atoms with Crippen LogP contribution in [0.4, 0.5) is 16.0 Å². The minimum Gasteiger partial charge on any atom is -0.448 e. The van der Waals surface area contributed by atoms with Crippen molar-refractivity contribution in [1.29, 1.82) is 0 Å². The van der Waals surface area contributed by atoms with E-state index in [9.17, 15) is 9.18 Å². The van der Waals surface area contributed by atoms with Gasteiger partial charge in [0.1, 0.15) is 17.1 Å². The molecular weight excluding hydrogens is 523 g/mol. The Kier molecular flexibility index (Phi) is 6.68. The van der Waals surface area contributed by atoms with Crippen molar-refractivity contribution in [3.8, 4) is 11.5 Å². The van der Waals surface area contributed by atoms with E-state index in [1.807, 2.05) is 12.1 Å². The number of benzene rings is 2. The number of oxazole rings is 1. The number of pyridine rings is 1. The van der Waals surface area contributed by atoms with E-state index >= 15 is 0 Å². The fraction of sp³-hybridized carbons (Fsp3) is 0.290. The third-order valence-electron chi connectivity index (χ3n) is 7.71. The molecular formula is C31H29FN6O3. The third kappa shape index (κ3) is 5.30. The van der Waals surface area contributed by atoms with Crippen LogP contribution in [0.3, 0.4) is 0 Å². The second kappa shape index (κ2) is 10.8. The number of aromatic nitrogens is 4. The van der Waals surface area contributed by atoms with E-state index in [0.29, 0.717) is 34.5 Å². The Morgan fingerprint density at radius 3 is 2.68 bits per heavy atom. The molecule has 7 rings (SSSR count). The molecule has 0 radical (unpaired) electrons. The van der Waals surface area contributed by atoms with Gasteiger partial charge in [-0.15, -0.1) is 0 Å². The van der Waals surface area contributed by atoms with Crippen molar-refractivity contribution < 1.29 is 13.5 Å². The van der Waals surface area contributed by atoms with Crippen LogP contribution in [0.25, 0.3) is 11.0 Å². The smallest absolute Gasteiger partial charge is 0.295 e. The summed E-state index contributed by atoms with van der Waals surface area (Å²) in [5.74, 6) is 1.33. The Hall–Kier alpha value is -4.57. The quantitative estimate of drug-likeness (QED) is 0.247. The van der Waals surface area contributed by atoms with E-state index in [2.05, 4.69) is 32.7 Å². The fourth-order valence-corrected chi connectivity index (χ4v) is 5.39. The molecule has 1 saturated heterocycles. The molecule has 41 heavy (non-hydrogen) atoms. The van der Waals surface area contributed by atoms with E-state index in [0.717, 1.165) is 37.4 Å². The van der Waals surface area contributed by atoms with Crippen molar-refractivity contribution >= 4 is 22.7 Å². The lowest BCUT2D eigenvalue weighted by atomic mass is 9.92. The molecule has 1 unspecified atom stereocenters. The van der Waals surface area contributed by atoms with Crippen LogP contribution in [0.15, 0.2) is 76.4 Å². The lowest BCUT2D eigenvalue weighted by Gasteiger charge is -2.23. The molecule has 9 nitrogen and oxygen atoms in total. The van der Waals surface area contributed by atoms with Gasteiger partial charge in [0.05, 0.1) is 6.54 Å². The second-order valence-corrected chi connectivity index (χ2v) is 10.6. The summed E-state index contributed by atoms with van der Waals surface area (Å²) >= 11 is 0. The molecule has 1 saturated carbocycles. The fourth-order valence-electron chi connectivity index (χ4n) is 5.39. The van der Waals surface area contributed by atoms with E-state index in [4.69, 9.17) is 14.1 Å². The number of nitrogens with one attached hydrogen (secondary N) is 2. The monoisotopic (exact) mass is 552 g/mol. The normalized spacial score (nSPS) is 17.0. The van der Waals surface area contributed by atoms with Gasteiger partial charge in [-0.05, 0) is 74.0 Å². The number of para-hydroxylation sites is 1. The van der Waals surface area contributed by atoms with Crippen molar-refractivity contribution in [2.75, 3.05) is 18.4 Å². The molecule has 0 spiro atoms. The lowest BCUT2D eigenvalue weighted by molar-refractivity contribution is 0.433. The first-order valence-electron chi connectivity index (χ1n) is 14.0. The number of piperidine rings is 1. The van der Waals surface area contributed by atoms with Crippen LogP contribution >= 0.6 is 0 Å². The van der Waals surface area contributed by atoms with Crippen molar-refractivity contribution in [1.82, 2.24) is 24.8 Å². The number of hydrogen-bond acceptors (Lipinski definition) is 8. The summed E-state index contributed by atoms with van der Waals surface area (Å²) in [5, 5.41) is 7.29. The van der Waals surface area contributed by atoms with Crippen molar-refractivity contribution in [2.45, 2.75) is 44.1 Å². The van der Waals surface area contributed by atoms with Gasteiger partial charge in [0.15, 0.2) is 23.7 Å². The average molecular weight is 553 g/mol. The summed E-state index contributed by atoms with van der Waals surface area (Å²) in [4.78, 5) is 27.4. The Labute approximate surface area is 235 Å². The standard InChI is InChI=1S/C31H29FN6O3/c32-24-5-1-2-6-26(24)41-27-14-22-16-34-31(36-23-11-9-19(10-12-23)21-4-3-13-33-15-21)37-29(22)38(30(27)39)17-25-28(20-7-8-20)40-18-35-25/h1-2,5-6,9-12,14,16,18,20-21,33H,3-4,7-8,13,15,17H2,(H,34,36,37). The number of ether oxygens (including phenoxy) is 1. The summed E-state index contributed by atoms with van der Waals surface area (Å²) < 4.78 is 27.3. The molecule has 2 fully saturated rings. The van der Waals surface area contributed by atoms with Gasteiger partial charge < -0.3 is 19.8 Å². The van der Waals surface area contributed by atoms with Crippen LogP contribution in [0.1, 0.15) is 54.5 Å². The molecule has 2 N–H and O–H groups in total. The maximum atomic E-state index is 14.4. The molecule has 2 aliphatic rings. The summed E-state index contributed by atoms with van der Waals surface area (Å²) in [5.41, 5.74) is 2.76. The Bertz CT molecular complexity index is 1760. The summed E-state index contributed by atoms with van der Waals surface area (Å²) in [6, 6.07) is 15.8. The van der Waals surface area contributed by atoms with E-state index in [1.54, 1.807) is 24.4 Å². The molecule has 1 aliphatic heterocycles. The van der Waals surface area contributed by atoms with Gasteiger partial charge in [0, 0.05) is 29.7 Å². The average Bonchev–Trinajstić information content (AvgIpc) is 3.75. The van der Waals surface area contributed by atoms with Crippen LogP contribution in [0, 0.1) is 5.82 Å². The molecule has 208 valence electrons. The minimum absolute atomic E-state index is 0.0313. The van der Waals surface area contributed by atoms with Gasteiger partial charge in [-0.25, -0.2) is 14.4 Å². The van der Waals surface area contributed by atoms with Crippen molar-refractivity contribution in [2.24, 2.45) is 0 Å². The predicted octanol–water partition coefficient (Wildman–Crippen LogP) is 5.85. The first-order valence-corrected chi connectivity index (χ1v) is 14.0. The van der Waals surface area contributed by atoms with Crippen LogP contribution in [-0.4, -0.2) is 32.6 Å². The van der Waals surface area contributed by atoms with Gasteiger partial charge >= 0.3 is 0 Å². The number of halogens is 1. The summed E-state index contributed by atoms with van der Waals surface area (Å²) in [7, 11) is 0. The van der Waals surface area contributed by atoms with Crippen molar-refractivity contribution in [3.63, 3.8) is 0 Å². The Balaban J connectivity index is 1.24. The molecule has 2 aromatic carbocycles. The Morgan fingerprint density at radius 2 is 1.90 bits per heavy atom. The summed E-state index contributed by atoms with van der Waals surface area (Å²) in [6.45, 7) is 2.21. The van der Waals surface area contributed by atoms with E-state index in [-0.39, 0.29) is 18.0 Å². The molecule has 5 aromatic rings. The highest BCUT2D eigenvalue weighted by molar-refractivity contribution is 5.77. The van der Waals surface area contributed by atoms with Crippen molar-refractivity contribution in [3.05, 3.63) is 100 Å². The van der Waals surface area contributed by atoms with Crippen LogP contribution in [-0.2, 0) is 6.54 Å². The van der Waals surface area contributed by atoms with Gasteiger partial charge in [-0.2, -0.15) is 4.98 Å². The second-order valence-electron chi connectivity index (χ2n) is 10.6. The minimum atomic E-state index is -0.562. The molecule has 4 heterocycles. The predicted molar refractivity (Wildman–Crippen MR) is 152 cm³/mol. The summed E-state index contributed by atoms with van der Waals surface area (Å²) in [6.07, 6.45) is 7.45. The molecule has 1 atom stereocenters. The third-order valence-corrected chi connectivity index (χ3v) is 7.71. The Morgan fingerprint density at radius 1 is 1.05 bits per heavy atom. The molecule has 3 aromatic heterocycles. The first-order chi connectivity index (χ1) is 20.1. The van der Waals surface area contributed by atoms with Gasteiger partial charge in [-0.1, -0.05) is 24.3 Å². The number of nitrogens with zero attached hydrogens (tertiary/aromatic N) is 4. The molecule has 0 amide bonds. The first kappa shape index (κ1) is 25.4. The zero-order chi connectivity index (χ0) is 27.8. The number of hydrogen-bond donors (Lipinski definition) is 2. The maximum absolute atomic E-state index is 14.4. The van der Waals surface area contributed by atoms with E-state index in [1.165, 1.54) is 41.5 Å². The van der Waals surface area contributed by atoms with Crippen LogP contribution in [0.5, 0.6) is 11.5 Å². The molecule has 1 aliphatic carbocycles. The highest BCUT2D eigenvalue weighted by atomic mass is 19.1. The van der Waals surface area contributed by atoms with Gasteiger partial charge in [-0.3, -0.25) is 9.36 Å². The molecule has 10 heteroatoms. The maximum Gasteiger partial charge on any atom is 0.295 e. The highest BCUT2D eigenvalue weighted by Crippen LogP contribution is 2.41. The lowest BCUT2D eigenvalue weighted by Crippen LogP contribution is -2.28. The number of fused-ring (bicyclic) bond motifs is 1. The van der Waals surface area contributed by atoms with Gasteiger partial charge in [0.25, 0.3) is 5.56 Å². The van der Waals surface area contributed by atoms with Crippen LogP contribution in [0.2, 0.25) is 0 Å². The van der Waals surface area contributed by atoms with Gasteiger partial charge in [0.2, 0.25) is 5.95 Å². The highest BCUT2D eigenvalue weighted by Gasteiger charge is 2.30. The zero-order valence-corrected chi connectivity index (χ0v) is 22.3. The zero-order valence-electron chi connectivity index (χ0n) is 22.3. The number of anilines is 2. The topological polar surface area (TPSA) is 107 Å². The number of rotatable bonds is 8. The van der Waals surface area contributed by atoms with E-state index < -0.39 is 11.4 Å². The molecule has 0 bridgehead atoms. The SMILES string of the molecule is O=c1c(Oc2ccccc2F)cc2cnc(Nc3ccc(C4CCCNC4)cc3)nc2n1Cc1ncoc1C1CC1. The van der Waals surface area contributed by atoms with Crippen LogP contribution < -0.4 is 20.9 Å². The largest absolute Gasteiger partial charge is 0.448 e.